The van der Waals surface area contributed by atoms with Crippen LogP contribution in [0.5, 0.6) is 0 Å². The lowest BCUT2D eigenvalue weighted by molar-refractivity contribution is 0.0354. The molecule has 3 N–H and O–H groups in total. The molecule has 6 aliphatic rings. The predicted molar refractivity (Wildman–Crippen MR) is 151 cm³/mol. The van der Waals surface area contributed by atoms with Crippen LogP contribution in [0.15, 0.2) is 55.0 Å². The Morgan fingerprint density at radius 1 is 0.921 bits per heavy atom. The van der Waals surface area contributed by atoms with Gasteiger partial charge in [0.25, 0.3) is 0 Å². The van der Waals surface area contributed by atoms with Gasteiger partial charge in [-0.2, -0.15) is 0 Å². The Morgan fingerprint density at radius 3 is 2.74 bits per heavy atom. The number of benzene rings is 1. The Morgan fingerprint density at radius 2 is 1.84 bits per heavy atom. The number of aromatic nitrogens is 3. The number of anilines is 3. The van der Waals surface area contributed by atoms with Crippen LogP contribution in [-0.2, 0) is 6.54 Å². The van der Waals surface area contributed by atoms with Crippen molar-refractivity contribution in [2.24, 2.45) is 0 Å². The molecule has 0 saturated carbocycles. The van der Waals surface area contributed by atoms with E-state index in [1.807, 2.05) is 30.7 Å². The van der Waals surface area contributed by atoms with Crippen LogP contribution >= 0.6 is 0 Å². The lowest BCUT2D eigenvalue weighted by atomic mass is 10.1. The molecule has 0 spiro atoms. The Balaban J connectivity index is 1.26. The van der Waals surface area contributed by atoms with Gasteiger partial charge >= 0.3 is 0 Å². The smallest absolute Gasteiger partial charge is 0.225 e. The third-order valence-electron chi connectivity index (χ3n) is 8.11. The van der Waals surface area contributed by atoms with Gasteiger partial charge in [0.05, 0.1) is 6.61 Å². The highest BCUT2D eigenvalue weighted by molar-refractivity contribution is 5.68. The summed E-state index contributed by atoms with van der Waals surface area (Å²) in [6.45, 7) is 7.86. The van der Waals surface area contributed by atoms with E-state index in [0.717, 1.165) is 87.4 Å². The van der Waals surface area contributed by atoms with Gasteiger partial charge in [0.1, 0.15) is 5.82 Å². The van der Waals surface area contributed by atoms with Gasteiger partial charge in [-0.3, -0.25) is 9.80 Å². The molecule has 0 amide bonds. The summed E-state index contributed by atoms with van der Waals surface area (Å²) in [6, 6.07) is 13.2. The zero-order valence-corrected chi connectivity index (χ0v) is 22.0. The van der Waals surface area contributed by atoms with Gasteiger partial charge in [-0.1, -0.05) is 12.1 Å². The van der Waals surface area contributed by atoms with Crippen molar-refractivity contribution >= 4 is 17.5 Å². The number of aliphatic hydroxyl groups excluding tert-OH is 1. The fourth-order valence-corrected chi connectivity index (χ4v) is 6.00. The number of pyridine rings is 1. The fourth-order valence-electron chi connectivity index (χ4n) is 6.00. The Labute approximate surface area is 224 Å². The van der Waals surface area contributed by atoms with Crippen LogP contribution in [0.2, 0.25) is 0 Å². The normalized spacial score (nSPS) is 26.1. The molecular weight excluding hydrogens is 476 g/mol. The van der Waals surface area contributed by atoms with Crippen LogP contribution in [0.4, 0.5) is 17.5 Å². The minimum Gasteiger partial charge on any atom is -0.395 e. The molecule has 2 aromatic heterocycles. The van der Waals surface area contributed by atoms with Crippen molar-refractivity contribution in [2.45, 2.75) is 37.9 Å². The summed E-state index contributed by atoms with van der Waals surface area (Å²) in [5, 5.41) is 17.3. The average Bonchev–Trinajstić information content (AvgIpc) is 3.42. The number of rotatable bonds is 1. The molecule has 9 nitrogen and oxygen atoms in total. The van der Waals surface area contributed by atoms with Crippen molar-refractivity contribution in [3.8, 4) is 11.1 Å². The van der Waals surface area contributed by atoms with Gasteiger partial charge < -0.3 is 20.6 Å². The molecule has 4 unspecified atom stereocenters. The van der Waals surface area contributed by atoms with E-state index >= 15 is 0 Å². The topological polar surface area (TPSA) is 92.7 Å². The van der Waals surface area contributed by atoms with Crippen LogP contribution in [0.1, 0.15) is 24.8 Å². The standard InChI is InChI=1S/C29H38N8O/c38-21-27-20-35-12-10-30-8-7-26-5-2-11-37(26)29-32-17-24(18-33-29)23-6-9-31-28(16-23)34-25-4-1-3-22(15-25)19-36(27)14-13-35/h1,3-4,6,9,15-18,26-27,30,38H,2,5,7-8,10-14,19-21H2,(H,31,34). The number of nitrogens with one attached hydrogen (secondary N) is 2. The molecule has 8 bridgehead atoms. The van der Waals surface area contributed by atoms with E-state index in [2.05, 4.69) is 54.6 Å². The van der Waals surface area contributed by atoms with E-state index in [4.69, 9.17) is 9.97 Å². The van der Waals surface area contributed by atoms with Crippen LogP contribution in [0.25, 0.3) is 11.1 Å². The zero-order chi connectivity index (χ0) is 25.7. The number of piperazine rings is 1. The first kappa shape index (κ1) is 25.2. The fraction of sp³-hybridized carbons (Fsp3) is 0.483. The summed E-state index contributed by atoms with van der Waals surface area (Å²) in [6.07, 6.45) is 9.15. The van der Waals surface area contributed by atoms with Crippen LogP contribution in [0.3, 0.4) is 0 Å². The van der Waals surface area contributed by atoms with Crippen molar-refractivity contribution in [3.63, 3.8) is 0 Å². The number of hydrogen-bond donors (Lipinski definition) is 3. The molecule has 9 rings (SSSR count). The third-order valence-corrected chi connectivity index (χ3v) is 8.11. The number of aliphatic hydroxyl groups is 1. The van der Waals surface area contributed by atoms with Gasteiger partial charge in [0.2, 0.25) is 5.95 Å². The second-order valence-corrected chi connectivity index (χ2v) is 10.7. The maximum atomic E-state index is 10.2. The van der Waals surface area contributed by atoms with Gasteiger partial charge in [-0.25, -0.2) is 15.0 Å². The molecule has 38 heavy (non-hydrogen) atoms. The minimum atomic E-state index is 0.150. The summed E-state index contributed by atoms with van der Waals surface area (Å²) in [5.74, 6) is 1.61. The zero-order valence-electron chi connectivity index (χ0n) is 22.0. The van der Waals surface area contributed by atoms with E-state index in [-0.39, 0.29) is 12.6 Å². The van der Waals surface area contributed by atoms with Crippen molar-refractivity contribution in [2.75, 3.05) is 62.6 Å². The first-order valence-corrected chi connectivity index (χ1v) is 13.9. The predicted octanol–water partition coefficient (Wildman–Crippen LogP) is 2.72. The van der Waals surface area contributed by atoms with Gasteiger partial charge in [-0.05, 0) is 61.2 Å². The number of hydrogen-bond acceptors (Lipinski definition) is 9. The van der Waals surface area contributed by atoms with E-state index in [1.165, 1.54) is 18.4 Å². The summed E-state index contributed by atoms with van der Waals surface area (Å²) < 4.78 is 0. The highest BCUT2D eigenvalue weighted by Gasteiger charge is 2.28. The Bertz CT molecular complexity index is 1210. The van der Waals surface area contributed by atoms with Gasteiger partial charge in [0, 0.05) is 87.7 Å². The minimum absolute atomic E-state index is 0.150. The monoisotopic (exact) mass is 514 g/mol. The second-order valence-electron chi connectivity index (χ2n) is 10.7. The molecule has 2 fully saturated rings. The van der Waals surface area contributed by atoms with E-state index < -0.39 is 0 Å². The molecular formula is C29H38N8O. The van der Waals surface area contributed by atoms with E-state index in [9.17, 15) is 5.11 Å². The first-order chi connectivity index (χ1) is 18.7. The highest BCUT2D eigenvalue weighted by atomic mass is 16.3. The van der Waals surface area contributed by atoms with Crippen LogP contribution in [-0.4, -0.2) is 94.4 Å². The summed E-state index contributed by atoms with van der Waals surface area (Å²) >= 11 is 0. The van der Waals surface area contributed by atoms with Crippen LogP contribution in [0, 0.1) is 0 Å². The Kier molecular flexibility index (Phi) is 7.78. The molecule has 200 valence electrons. The van der Waals surface area contributed by atoms with Crippen molar-refractivity contribution < 1.29 is 5.11 Å². The third kappa shape index (κ3) is 5.81. The first-order valence-electron chi connectivity index (χ1n) is 13.9. The SMILES string of the molecule is OCC1CN2CCNCCC3CCCN3c3ncc(cn3)-c3ccnc(c3)Nc3cccc(c3)CN1CC2. The summed E-state index contributed by atoms with van der Waals surface area (Å²) in [5.41, 5.74) is 4.25. The second kappa shape index (κ2) is 11.7. The maximum absolute atomic E-state index is 10.2. The number of nitrogens with zero attached hydrogens (tertiary/aromatic N) is 6. The molecule has 0 radical (unpaired) electrons. The largest absolute Gasteiger partial charge is 0.395 e. The molecule has 1 aromatic carbocycles. The van der Waals surface area contributed by atoms with E-state index in [0.29, 0.717) is 6.04 Å². The molecule has 0 aliphatic carbocycles. The maximum Gasteiger partial charge on any atom is 0.225 e. The molecule has 2 saturated heterocycles. The quantitative estimate of drug-likeness (QED) is 0.453. The highest BCUT2D eigenvalue weighted by Crippen LogP contribution is 2.27. The summed E-state index contributed by atoms with van der Waals surface area (Å²) in [7, 11) is 0. The molecule has 6 aliphatic heterocycles. The van der Waals surface area contributed by atoms with Crippen molar-refractivity contribution in [3.05, 3.63) is 60.6 Å². The molecule has 3 aromatic rings. The summed E-state index contributed by atoms with van der Waals surface area (Å²) in [4.78, 5) is 21.3. The van der Waals surface area contributed by atoms with E-state index in [1.54, 1.807) is 0 Å². The lowest BCUT2D eigenvalue weighted by Gasteiger charge is -2.40. The van der Waals surface area contributed by atoms with Gasteiger partial charge in [-0.15, -0.1) is 0 Å². The van der Waals surface area contributed by atoms with Crippen LogP contribution < -0.4 is 15.5 Å². The molecule has 8 heterocycles. The molecule has 4 atom stereocenters. The van der Waals surface area contributed by atoms with Gasteiger partial charge in [0.15, 0.2) is 0 Å². The Hall–Kier alpha value is -3.11. The lowest BCUT2D eigenvalue weighted by Crippen LogP contribution is -2.55. The molecule has 9 heteroatoms. The van der Waals surface area contributed by atoms with Crippen molar-refractivity contribution in [1.82, 2.24) is 30.1 Å². The average molecular weight is 515 g/mol. The van der Waals surface area contributed by atoms with Crippen molar-refractivity contribution in [1.29, 1.82) is 0 Å².